The van der Waals surface area contributed by atoms with Crippen LogP contribution in [-0.2, 0) is 4.79 Å². The van der Waals surface area contributed by atoms with Crippen molar-refractivity contribution in [1.82, 2.24) is 4.90 Å². The lowest BCUT2D eigenvalue weighted by molar-refractivity contribution is -0.121. The smallest absolute Gasteiger partial charge is 0.253 e. The van der Waals surface area contributed by atoms with E-state index in [0.29, 0.717) is 48.0 Å². The van der Waals surface area contributed by atoms with Crippen LogP contribution in [0.25, 0.3) is 0 Å². The minimum Gasteiger partial charge on any atom is -0.495 e. The zero-order chi connectivity index (χ0) is 20.3. The van der Waals surface area contributed by atoms with Crippen molar-refractivity contribution in [2.24, 2.45) is 5.92 Å². The molecule has 0 saturated carbocycles. The normalized spacial score (nSPS) is 14.6. The van der Waals surface area contributed by atoms with Gasteiger partial charge in [-0.1, -0.05) is 27.5 Å². The number of ether oxygens (including phenoxy) is 1. The van der Waals surface area contributed by atoms with Gasteiger partial charge in [-0.3, -0.25) is 9.59 Å². The highest BCUT2D eigenvalue weighted by Gasteiger charge is 2.28. The van der Waals surface area contributed by atoms with Crippen LogP contribution in [0, 0.1) is 12.8 Å². The van der Waals surface area contributed by atoms with Crippen molar-refractivity contribution in [3.8, 4) is 5.75 Å². The number of rotatable bonds is 4. The molecule has 7 heteroatoms. The molecule has 0 aromatic heterocycles. The van der Waals surface area contributed by atoms with E-state index in [-0.39, 0.29) is 17.7 Å². The van der Waals surface area contributed by atoms with Gasteiger partial charge in [0.2, 0.25) is 5.91 Å². The molecule has 0 radical (unpaired) electrons. The number of hydrogen-bond acceptors (Lipinski definition) is 3. The van der Waals surface area contributed by atoms with E-state index in [2.05, 4.69) is 21.2 Å². The third kappa shape index (κ3) is 4.67. The fraction of sp³-hybridized carbons (Fsp3) is 0.333. The fourth-order valence-electron chi connectivity index (χ4n) is 3.28. The van der Waals surface area contributed by atoms with Gasteiger partial charge in [0.1, 0.15) is 5.75 Å². The first-order chi connectivity index (χ1) is 13.4. The van der Waals surface area contributed by atoms with Crippen LogP contribution in [0.5, 0.6) is 5.75 Å². The van der Waals surface area contributed by atoms with Crippen molar-refractivity contribution >= 4 is 45.0 Å². The first-order valence-corrected chi connectivity index (χ1v) is 10.3. The quantitative estimate of drug-likeness (QED) is 0.698. The van der Waals surface area contributed by atoms with Gasteiger partial charge in [0.25, 0.3) is 5.91 Å². The Balaban J connectivity index is 1.60. The molecular formula is C21H22BrClN2O3. The molecular weight excluding hydrogens is 444 g/mol. The Morgan fingerprint density at radius 3 is 2.43 bits per heavy atom. The van der Waals surface area contributed by atoms with E-state index < -0.39 is 0 Å². The maximum absolute atomic E-state index is 12.7. The van der Waals surface area contributed by atoms with Gasteiger partial charge in [-0.2, -0.15) is 0 Å². The third-order valence-corrected chi connectivity index (χ3v) is 5.92. The average Bonchev–Trinajstić information content (AvgIpc) is 2.70. The van der Waals surface area contributed by atoms with Crippen molar-refractivity contribution in [1.29, 1.82) is 0 Å². The highest BCUT2D eigenvalue weighted by Crippen LogP contribution is 2.32. The number of nitrogens with one attached hydrogen (secondary N) is 1. The van der Waals surface area contributed by atoms with Gasteiger partial charge in [0, 0.05) is 40.1 Å². The second kappa shape index (κ2) is 8.97. The largest absolute Gasteiger partial charge is 0.495 e. The van der Waals surface area contributed by atoms with Gasteiger partial charge in [-0.25, -0.2) is 0 Å². The van der Waals surface area contributed by atoms with Crippen LogP contribution < -0.4 is 10.1 Å². The number of likely N-dealkylation sites (tertiary alicyclic amines) is 1. The van der Waals surface area contributed by atoms with Crippen molar-refractivity contribution < 1.29 is 14.3 Å². The van der Waals surface area contributed by atoms with Gasteiger partial charge in [-0.05, 0) is 55.7 Å². The summed E-state index contributed by atoms with van der Waals surface area (Å²) < 4.78 is 6.26. The molecule has 1 aliphatic rings. The van der Waals surface area contributed by atoms with Gasteiger partial charge < -0.3 is 15.0 Å². The summed E-state index contributed by atoms with van der Waals surface area (Å²) in [6.07, 6.45) is 1.26. The molecule has 1 heterocycles. The number of carbonyl (C=O) groups excluding carboxylic acids is 2. The van der Waals surface area contributed by atoms with E-state index >= 15 is 0 Å². The van der Waals surface area contributed by atoms with Gasteiger partial charge in [0.05, 0.1) is 12.8 Å². The van der Waals surface area contributed by atoms with Gasteiger partial charge in [0.15, 0.2) is 0 Å². The van der Waals surface area contributed by atoms with E-state index in [1.807, 2.05) is 25.1 Å². The van der Waals surface area contributed by atoms with Crippen LogP contribution in [0.1, 0.15) is 28.8 Å². The zero-order valence-electron chi connectivity index (χ0n) is 15.8. The number of carbonyl (C=O) groups is 2. The molecule has 28 heavy (non-hydrogen) atoms. The first-order valence-electron chi connectivity index (χ1n) is 9.09. The molecule has 2 aromatic carbocycles. The summed E-state index contributed by atoms with van der Waals surface area (Å²) in [7, 11) is 1.54. The SMILES string of the molecule is COc1cc(Cl)c(C)cc1NC(=O)C1CCN(C(=O)c2ccc(Br)cc2)CC1. The second-order valence-electron chi connectivity index (χ2n) is 6.86. The number of benzene rings is 2. The molecule has 1 fully saturated rings. The summed E-state index contributed by atoms with van der Waals surface area (Å²) in [5, 5.41) is 3.54. The molecule has 148 valence electrons. The Kier molecular flexibility index (Phi) is 6.62. The lowest BCUT2D eigenvalue weighted by Gasteiger charge is -2.31. The van der Waals surface area contributed by atoms with Crippen LogP contribution in [0.3, 0.4) is 0 Å². The predicted molar refractivity (Wildman–Crippen MR) is 114 cm³/mol. The molecule has 1 aliphatic heterocycles. The number of amides is 2. The minimum atomic E-state index is -0.144. The second-order valence-corrected chi connectivity index (χ2v) is 8.19. The summed E-state index contributed by atoms with van der Waals surface area (Å²) in [5.74, 6) is 0.332. The maximum Gasteiger partial charge on any atom is 0.253 e. The maximum atomic E-state index is 12.7. The third-order valence-electron chi connectivity index (χ3n) is 4.98. The summed E-state index contributed by atoms with van der Waals surface area (Å²) >= 11 is 9.50. The summed E-state index contributed by atoms with van der Waals surface area (Å²) in [6, 6.07) is 10.8. The number of nitrogens with zero attached hydrogens (tertiary/aromatic N) is 1. The Hall–Kier alpha value is -2.05. The summed E-state index contributed by atoms with van der Waals surface area (Å²) in [6.45, 7) is 3.00. The number of piperidine rings is 1. The number of methoxy groups -OCH3 is 1. The Bertz CT molecular complexity index is 878. The predicted octanol–water partition coefficient (Wildman–Crippen LogP) is 4.91. The van der Waals surface area contributed by atoms with Crippen LogP contribution in [0.4, 0.5) is 5.69 Å². The molecule has 3 rings (SSSR count). The number of hydrogen-bond donors (Lipinski definition) is 1. The molecule has 0 atom stereocenters. The van der Waals surface area contributed by atoms with Gasteiger partial charge in [-0.15, -0.1) is 0 Å². The van der Waals surface area contributed by atoms with Crippen molar-refractivity contribution in [3.05, 3.63) is 57.0 Å². The van der Waals surface area contributed by atoms with Gasteiger partial charge >= 0.3 is 0 Å². The van der Waals surface area contributed by atoms with Crippen molar-refractivity contribution in [3.63, 3.8) is 0 Å². The van der Waals surface area contributed by atoms with Crippen LogP contribution in [0.15, 0.2) is 40.9 Å². The highest BCUT2D eigenvalue weighted by molar-refractivity contribution is 9.10. The zero-order valence-corrected chi connectivity index (χ0v) is 18.1. The van der Waals surface area contributed by atoms with E-state index in [4.69, 9.17) is 16.3 Å². The minimum absolute atomic E-state index is 0.00125. The standard InChI is InChI=1S/C21H22BrClN2O3/c1-13-11-18(19(28-2)12-17(13)23)24-20(26)14-7-9-25(10-8-14)21(27)15-3-5-16(22)6-4-15/h3-6,11-12,14H,7-10H2,1-2H3,(H,24,26). The first kappa shape index (κ1) is 20.7. The van der Waals surface area contributed by atoms with E-state index in [1.54, 1.807) is 30.2 Å². The van der Waals surface area contributed by atoms with Crippen molar-refractivity contribution in [2.45, 2.75) is 19.8 Å². The Morgan fingerprint density at radius 2 is 1.82 bits per heavy atom. The topological polar surface area (TPSA) is 58.6 Å². The summed E-state index contributed by atoms with van der Waals surface area (Å²) in [4.78, 5) is 27.1. The molecule has 2 aromatic rings. The molecule has 0 aliphatic carbocycles. The van der Waals surface area contributed by atoms with Crippen LogP contribution in [-0.4, -0.2) is 36.9 Å². The Labute approximate surface area is 178 Å². The average molecular weight is 466 g/mol. The Morgan fingerprint density at radius 1 is 1.18 bits per heavy atom. The molecule has 2 amide bonds. The monoisotopic (exact) mass is 464 g/mol. The number of halogens is 2. The number of aryl methyl sites for hydroxylation is 1. The molecule has 1 saturated heterocycles. The molecule has 5 nitrogen and oxygen atoms in total. The fourth-order valence-corrected chi connectivity index (χ4v) is 3.70. The molecule has 1 N–H and O–H groups in total. The molecule has 0 unspecified atom stereocenters. The number of anilines is 1. The van der Waals surface area contributed by atoms with E-state index in [9.17, 15) is 9.59 Å². The van der Waals surface area contributed by atoms with Crippen LogP contribution >= 0.6 is 27.5 Å². The van der Waals surface area contributed by atoms with E-state index in [0.717, 1.165) is 10.0 Å². The molecule has 0 bridgehead atoms. The molecule has 0 spiro atoms. The lowest BCUT2D eigenvalue weighted by atomic mass is 9.95. The lowest BCUT2D eigenvalue weighted by Crippen LogP contribution is -2.41. The highest BCUT2D eigenvalue weighted by atomic mass is 79.9. The van der Waals surface area contributed by atoms with Crippen LogP contribution in [0.2, 0.25) is 5.02 Å². The summed E-state index contributed by atoms with van der Waals surface area (Å²) in [5.41, 5.74) is 2.14. The van der Waals surface area contributed by atoms with Crippen molar-refractivity contribution in [2.75, 3.05) is 25.5 Å². The van der Waals surface area contributed by atoms with E-state index in [1.165, 1.54) is 0 Å².